The lowest BCUT2D eigenvalue weighted by Crippen LogP contribution is -2.23. The average Bonchev–Trinajstić information content (AvgIpc) is 2.76. The van der Waals surface area contributed by atoms with Crippen molar-refractivity contribution in [3.63, 3.8) is 0 Å². The van der Waals surface area contributed by atoms with E-state index in [-0.39, 0.29) is 17.3 Å². The van der Waals surface area contributed by atoms with Gasteiger partial charge in [0, 0.05) is 11.0 Å². The highest BCUT2D eigenvalue weighted by molar-refractivity contribution is 9.10. The molecule has 0 spiro atoms. The molecule has 0 amide bonds. The van der Waals surface area contributed by atoms with E-state index in [4.69, 9.17) is 5.73 Å². The van der Waals surface area contributed by atoms with Gasteiger partial charge < -0.3 is 5.73 Å². The minimum atomic E-state index is -3.64. The molecule has 2 rings (SSSR count). The summed E-state index contributed by atoms with van der Waals surface area (Å²) >= 11 is 3.31. The van der Waals surface area contributed by atoms with Gasteiger partial charge in [-0.3, -0.25) is 5.10 Å². The number of rotatable bonds is 4. The molecule has 1 aromatic heterocycles. The zero-order valence-electron chi connectivity index (χ0n) is 9.22. The molecule has 18 heavy (non-hydrogen) atoms. The van der Waals surface area contributed by atoms with Gasteiger partial charge in [-0.05, 0) is 17.7 Å². The number of hydrogen-bond donors (Lipinski definition) is 3. The molecule has 0 saturated heterocycles. The second-order valence-electron chi connectivity index (χ2n) is 3.60. The monoisotopic (exact) mass is 330 g/mol. The Bertz CT molecular complexity index is 636. The highest BCUT2D eigenvalue weighted by Gasteiger charge is 2.18. The summed E-state index contributed by atoms with van der Waals surface area (Å²) in [4.78, 5) is -0.0420. The summed E-state index contributed by atoms with van der Waals surface area (Å²) in [7, 11) is -3.64. The standard InChI is InChI=1S/C10H11BrN4O2S/c11-8-3-1-7(2-4-8)5-14-18(16,17)9-6-13-15-10(9)12/h1-4,6,14H,5H2,(H3,12,13,15). The van der Waals surface area contributed by atoms with Gasteiger partial charge in [0.15, 0.2) is 0 Å². The van der Waals surface area contributed by atoms with Gasteiger partial charge >= 0.3 is 0 Å². The topological polar surface area (TPSA) is 101 Å². The summed E-state index contributed by atoms with van der Waals surface area (Å²) in [6.45, 7) is 0.195. The number of H-pyrrole nitrogens is 1. The predicted octanol–water partition coefficient (Wildman–Crippen LogP) is 1.23. The smallest absolute Gasteiger partial charge is 0.246 e. The van der Waals surface area contributed by atoms with Crippen LogP contribution in [0.3, 0.4) is 0 Å². The van der Waals surface area contributed by atoms with Crippen molar-refractivity contribution in [2.45, 2.75) is 11.4 Å². The third kappa shape index (κ3) is 2.89. The number of nitrogens with zero attached hydrogens (tertiary/aromatic N) is 1. The first kappa shape index (κ1) is 13.1. The number of nitrogen functional groups attached to an aromatic ring is 1. The number of aromatic amines is 1. The van der Waals surface area contributed by atoms with Crippen molar-refractivity contribution in [3.8, 4) is 0 Å². The van der Waals surface area contributed by atoms with Gasteiger partial charge in [0.05, 0.1) is 6.20 Å². The number of benzene rings is 1. The molecule has 8 heteroatoms. The lowest BCUT2D eigenvalue weighted by molar-refractivity contribution is 0.582. The minimum Gasteiger partial charge on any atom is -0.383 e. The molecule has 0 saturated carbocycles. The number of nitrogens with one attached hydrogen (secondary N) is 2. The Kier molecular flexibility index (Phi) is 3.69. The third-order valence-electron chi connectivity index (χ3n) is 2.30. The first-order valence-corrected chi connectivity index (χ1v) is 7.29. The molecule has 4 N–H and O–H groups in total. The van der Waals surface area contributed by atoms with Gasteiger partial charge in [0.2, 0.25) is 10.0 Å². The number of anilines is 1. The molecular weight excluding hydrogens is 320 g/mol. The number of nitrogens with two attached hydrogens (primary N) is 1. The van der Waals surface area contributed by atoms with E-state index in [9.17, 15) is 8.42 Å². The molecule has 0 atom stereocenters. The van der Waals surface area contributed by atoms with Crippen LogP contribution in [0.25, 0.3) is 0 Å². The van der Waals surface area contributed by atoms with Crippen LogP contribution in [0.15, 0.2) is 39.8 Å². The summed E-state index contributed by atoms with van der Waals surface area (Å²) < 4.78 is 27.2. The largest absolute Gasteiger partial charge is 0.383 e. The fourth-order valence-electron chi connectivity index (χ4n) is 1.36. The maximum Gasteiger partial charge on any atom is 0.246 e. The van der Waals surface area contributed by atoms with Gasteiger partial charge in [0.25, 0.3) is 0 Å². The first-order chi connectivity index (χ1) is 8.49. The summed E-state index contributed by atoms with van der Waals surface area (Å²) in [5, 5.41) is 5.96. The molecule has 0 aliphatic heterocycles. The quantitative estimate of drug-likeness (QED) is 0.784. The number of hydrogen-bond acceptors (Lipinski definition) is 4. The van der Waals surface area contributed by atoms with E-state index in [1.165, 1.54) is 6.20 Å². The number of halogens is 1. The molecule has 0 bridgehead atoms. The molecule has 6 nitrogen and oxygen atoms in total. The van der Waals surface area contributed by atoms with Gasteiger partial charge in [-0.1, -0.05) is 28.1 Å². The highest BCUT2D eigenvalue weighted by atomic mass is 79.9. The van der Waals surface area contributed by atoms with Crippen LogP contribution in [0.4, 0.5) is 5.82 Å². The van der Waals surface area contributed by atoms with Crippen LogP contribution in [-0.2, 0) is 16.6 Å². The summed E-state index contributed by atoms with van der Waals surface area (Å²) in [5.41, 5.74) is 6.32. The van der Waals surface area contributed by atoms with Crippen molar-refractivity contribution in [1.29, 1.82) is 0 Å². The van der Waals surface area contributed by atoms with Crippen LogP contribution in [0.1, 0.15) is 5.56 Å². The van der Waals surface area contributed by atoms with Crippen LogP contribution in [-0.4, -0.2) is 18.6 Å². The van der Waals surface area contributed by atoms with E-state index in [0.29, 0.717) is 0 Å². The van der Waals surface area contributed by atoms with E-state index in [0.717, 1.165) is 10.0 Å². The predicted molar refractivity (Wildman–Crippen MR) is 71.2 cm³/mol. The van der Waals surface area contributed by atoms with E-state index >= 15 is 0 Å². The van der Waals surface area contributed by atoms with E-state index in [1.54, 1.807) is 0 Å². The number of aromatic nitrogens is 2. The van der Waals surface area contributed by atoms with Crippen molar-refractivity contribution in [2.75, 3.05) is 5.73 Å². The van der Waals surface area contributed by atoms with Crippen molar-refractivity contribution in [1.82, 2.24) is 14.9 Å². The Morgan fingerprint density at radius 3 is 2.56 bits per heavy atom. The van der Waals surface area contributed by atoms with Crippen LogP contribution in [0.2, 0.25) is 0 Å². The molecule has 0 aliphatic rings. The molecule has 1 aromatic carbocycles. The van der Waals surface area contributed by atoms with Crippen molar-refractivity contribution in [2.24, 2.45) is 0 Å². The summed E-state index contributed by atoms with van der Waals surface area (Å²) in [6, 6.07) is 7.34. The van der Waals surface area contributed by atoms with Gasteiger partial charge in [0.1, 0.15) is 10.7 Å². The maximum atomic E-state index is 11.9. The van der Waals surface area contributed by atoms with Crippen molar-refractivity contribution in [3.05, 3.63) is 40.5 Å². The van der Waals surface area contributed by atoms with E-state index in [2.05, 4.69) is 30.8 Å². The molecule has 0 radical (unpaired) electrons. The third-order valence-corrected chi connectivity index (χ3v) is 4.26. The SMILES string of the molecule is Nc1[nH]ncc1S(=O)(=O)NCc1ccc(Br)cc1. The molecule has 0 fully saturated rings. The van der Waals surface area contributed by atoms with Crippen LogP contribution in [0.5, 0.6) is 0 Å². The lowest BCUT2D eigenvalue weighted by atomic mass is 10.2. The molecule has 1 heterocycles. The van der Waals surface area contributed by atoms with E-state index in [1.807, 2.05) is 24.3 Å². The fraction of sp³-hybridized carbons (Fsp3) is 0.100. The fourth-order valence-corrected chi connectivity index (χ4v) is 2.66. The second-order valence-corrected chi connectivity index (χ2v) is 6.25. The Hall–Kier alpha value is -1.38. The Labute approximate surface area is 113 Å². The van der Waals surface area contributed by atoms with Crippen LogP contribution >= 0.6 is 15.9 Å². The summed E-state index contributed by atoms with van der Waals surface area (Å²) in [5.74, 6) is 0.0262. The molecular formula is C10H11BrN4O2S. The average molecular weight is 331 g/mol. The van der Waals surface area contributed by atoms with Crippen LogP contribution in [0, 0.1) is 0 Å². The minimum absolute atomic E-state index is 0.0262. The molecule has 96 valence electrons. The normalized spacial score (nSPS) is 11.6. The molecule has 0 unspecified atom stereocenters. The van der Waals surface area contributed by atoms with Crippen molar-refractivity contribution < 1.29 is 8.42 Å². The zero-order valence-corrected chi connectivity index (χ0v) is 11.6. The zero-order chi connectivity index (χ0) is 13.2. The van der Waals surface area contributed by atoms with E-state index < -0.39 is 10.0 Å². The number of sulfonamides is 1. The maximum absolute atomic E-state index is 11.9. The Morgan fingerprint density at radius 2 is 2.00 bits per heavy atom. The lowest BCUT2D eigenvalue weighted by Gasteiger charge is -2.05. The second kappa shape index (κ2) is 5.09. The highest BCUT2D eigenvalue weighted by Crippen LogP contribution is 2.15. The van der Waals surface area contributed by atoms with Crippen molar-refractivity contribution >= 4 is 31.8 Å². The van der Waals surface area contributed by atoms with Crippen LogP contribution < -0.4 is 10.5 Å². The first-order valence-electron chi connectivity index (χ1n) is 5.02. The van der Waals surface area contributed by atoms with Gasteiger partial charge in [-0.15, -0.1) is 0 Å². The summed E-state index contributed by atoms with van der Waals surface area (Å²) in [6.07, 6.45) is 1.18. The molecule has 2 aromatic rings. The Morgan fingerprint density at radius 1 is 1.33 bits per heavy atom. The Balaban J connectivity index is 2.11. The molecule has 0 aliphatic carbocycles. The van der Waals surface area contributed by atoms with Gasteiger partial charge in [-0.25, -0.2) is 13.1 Å². The van der Waals surface area contributed by atoms with Gasteiger partial charge in [-0.2, -0.15) is 5.10 Å².